The largest absolute Gasteiger partial charge is 0.490 e. The highest BCUT2D eigenvalue weighted by Gasteiger charge is 2.25. The van der Waals surface area contributed by atoms with Crippen molar-refractivity contribution in [2.75, 3.05) is 11.9 Å². The third-order valence-corrected chi connectivity index (χ3v) is 4.86. The Morgan fingerprint density at radius 3 is 2.83 bits per heavy atom. The molecule has 2 heterocycles. The fourth-order valence-electron chi connectivity index (χ4n) is 3.17. The molecule has 9 heteroatoms. The minimum atomic E-state index is -2.93. The Morgan fingerprint density at radius 2 is 2.07 bits per heavy atom. The van der Waals surface area contributed by atoms with Crippen LogP contribution in [0.1, 0.15) is 24.1 Å². The molecule has 29 heavy (non-hydrogen) atoms. The summed E-state index contributed by atoms with van der Waals surface area (Å²) in [5.74, 6) is 0.829. The number of halogens is 3. The van der Waals surface area contributed by atoms with Crippen molar-refractivity contribution in [3.05, 3.63) is 70.5 Å². The van der Waals surface area contributed by atoms with E-state index in [0.717, 1.165) is 21.3 Å². The standard InChI is InChI=1S/C20H17BrF2N4O2/c1-2-28-18-9-13(6-7-17(18)29-19(22)23)16-10-15(12-4-3-5-14(21)8-12)26-20-24-11-25-27(16)20/h3-11,16,19H,2H2,1H3,(H,24,25,26). The Labute approximate surface area is 174 Å². The van der Waals surface area contributed by atoms with Gasteiger partial charge in [0.1, 0.15) is 12.4 Å². The van der Waals surface area contributed by atoms with Gasteiger partial charge in [-0.1, -0.05) is 34.1 Å². The number of benzene rings is 2. The number of aromatic nitrogens is 3. The summed E-state index contributed by atoms with van der Waals surface area (Å²) < 4.78 is 38.2. The average Bonchev–Trinajstić information content (AvgIpc) is 3.17. The minimum absolute atomic E-state index is 0.00505. The Kier molecular flexibility index (Phi) is 5.48. The number of ether oxygens (including phenoxy) is 2. The predicted octanol–water partition coefficient (Wildman–Crippen LogP) is 5.10. The highest BCUT2D eigenvalue weighted by molar-refractivity contribution is 9.10. The number of fused-ring (bicyclic) bond motifs is 1. The lowest BCUT2D eigenvalue weighted by molar-refractivity contribution is -0.0514. The fraction of sp³-hybridized carbons (Fsp3) is 0.200. The number of nitrogens with one attached hydrogen (secondary N) is 1. The zero-order valence-corrected chi connectivity index (χ0v) is 16.9. The molecule has 0 saturated heterocycles. The summed E-state index contributed by atoms with van der Waals surface area (Å²) >= 11 is 3.49. The molecule has 4 rings (SSSR count). The second-order valence-electron chi connectivity index (χ2n) is 6.21. The van der Waals surface area contributed by atoms with Crippen LogP contribution in [0.4, 0.5) is 14.7 Å². The van der Waals surface area contributed by atoms with Gasteiger partial charge in [-0.15, -0.1) is 0 Å². The van der Waals surface area contributed by atoms with Gasteiger partial charge >= 0.3 is 6.61 Å². The minimum Gasteiger partial charge on any atom is -0.490 e. The number of anilines is 1. The molecule has 1 N–H and O–H groups in total. The molecular weight excluding hydrogens is 446 g/mol. The Morgan fingerprint density at radius 1 is 1.21 bits per heavy atom. The van der Waals surface area contributed by atoms with E-state index in [1.165, 1.54) is 12.4 Å². The molecule has 2 aromatic carbocycles. The zero-order chi connectivity index (χ0) is 20.4. The first kappa shape index (κ1) is 19.4. The summed E-state index contributed by atoms with van der Waals surface area (Å²) in [6.45, 7) is -0.823. The second kappa shape index (κ2) is 8.20. The van der Waals surface area contributed by atoms with Crippen LogP contribution in [0.5, 0.6) is 11.5 Å². The maximum absolute atomic E-state index is 12.7. The highest BCUT2D eigenvalue weighted by atomic mass is 79.9. The summed E-state index contributed by atoms with van der Waals surface area (Å²) in [4.78, 5) is 4.28. The molecule has 0 spiro atoms. The molecule has 150 valence electrons. The number of allylic oxidation sites excluding steroid dienone is 1. The lowest BCUT2D eigenvalue weighted by atomic mass is 10.0. The van der Waals surface area contributed by atoms with Gasteiger partial charge in [0.05, 0.1) is 6.61 Å². The molecule has 0 saturated carbocycles. The molecule has 0 fully saturated rings. The van der Waals surface area contributed by atoms with E-state index in [0.29, 0.717) is 12.6 Å². The summed E-state index contributed by atoms with van der Waals surface area (Å²) in [7, 11) is 0. The van der Waals surface area contributed by atoms with Gasteiger partial charge in [-0.25, -0.2) is 4.68 Å². The van der Waals surface area contributed by atoms with Crippen molar-refractivity contribution >= 4 is 27.6 Å². The van der Waals surface area contributed by atoms with E-state index in [4.69, 9.17) is 4.74 Å². The van der Waals surface area contributed by atoms with E-state index in [-0.39, 0.29) is 17.5 Å². The quantitative estimate of drug-likeness (QED) is 0.552. The van der Waals surface area contributed by atoms with Gasteiger partial charge in [0.25, 0.3) is 0 Å². The summed E-state index contributed by atoms with van der Waals surface area (Å²) in [6, 6.07) is 12.5. The molecule has 1 aliphatic heterocycles. The van der Waals surface area contributed by atoms with Crippen LogP contribution in [0.25, 0.3) is 5.70 Å². The molecule has 6 nitrogen and oxygen atoms in total. The van der Waals surface area contributed by atoms with Crippen LogP contribution < -0.4 is 14.8 Å². The van der Waals surface area contributed by atoms with Crippen LogP contribution in [0.2, 0.25) is 0 Å². The van der Waals surface area contributed by atoms with Crippen molar-refractivity contribution in [1.29, 1.82) is 0 Å². The van der Waals surface area contributed by atoms with Crippen molar-refractivity contribution in [2.24, 2.45) is 0 Å². The average molecular weight is 463 g/mol. The van der Waals surface area contributed by atoms with Crippen LogP contribution in [0.15, 0.2) is 59.3 Å². The van der Waals surface area contributed by atoms with E-state index in [2.05, 4.69) is 36.1 Å². The maximum Gasteiger partial charge on any atom is 0.387 e. The first-order valence-corrected chi connectivity index (χ1v) is 9.70. The van der Waals surface area contributed by atoms with Crippen molar-refractivity contribution < 1.29 is 18.3 Å². The van der Waals surface area contributed by atoms with Gasteiger partial charge < -0.3 is 14.8 Å². The van der Waals surface area contributed by atoms with E-state index in [1.54, 1.807) is 23.7 Å². The maximum atomic E-state index is 12.7. The molecule has 0 bridgehead atoms. The Hall–Kier alpha value is -2.94. The molecule has 0 aliphatic carbocycles. The van der Waals surface area contributed by atoms with E-state index >= 15 is 0 Å². The number of hydrogen-bond acceptors (Lipinski definition) is 5. The molecule has 1 unspecified atom stereocenters. The summed E-state index contributed by atoms with van der Waals surface area (Å²) in [6.07, 6.45) is 3.47. The van der Waals surface area contributed by atoms with Crippen LogP contribution in [-0.4, -0.2) is 28.0 Å². The van der Waals surface area contributed by atoms with Crippen LogP contribution in [0, 0.1) is 0 Å². The molecule has 3 aromatic rings. The normalized spacial score (nSPS) is 15.5. The molecular formula is C20H17BrF2N4O2. The number of alkyl halides is 2. The third-order valence-electron chi connectivity index (χ3n) is 4.37. The molecule has 1 aliphatic rings. The van der Waals surface area contributed by atoms with Crippen LogP contribution >= 0.6 is 15.9 Å². The number of rotatable bonds is 6. The Balaban J connectivity index is 1.77. The second-order valence-corrected chi connectivity index (χ2v) is 7.12. The van der Waals surface area contributed by atoms with E-state index in [1.807, 2.05) is 30.3 Å². The topological polar surface area (TPSA) is 61.2 Å². The SMILES string of the molecule is CCOc1cc(C2C=C(c3cccc(Br)c3)Nc3ncnn32)ccc1OC(F)F. The lowest BCUT2D eigenvalue weighted by Gasteiger charge is -2.25. The van der Waals surface area contributed by atoms with E-state index in [9.17, 15) is 8.78 Å². The number of nitrogens with zero attached hydrogens (tertiary/aromatic N) is 3. The monoisotopic (exact) mass is 462 g/mol. The summed E-state index contributed by atoms with van der Waals surface area (Å²) in [5.41, 5.74) is 2.64. The Bertz CT molecular complexity index is 1050. The van der Waals surface area contributed by atoms with Gasteiger partial charge in [-0.05, 0) is 48.4 Å². The van der Waals surface area contributed by atoms with Crippen molar-refractivity contribution in [2.45, 2.75) is 19.6 Å². The molecule has 0 radical (unpaired) electrons. The first-order chi connectivity index (χ1) is 14.0. The lowest BCUT2D eigenvalue weighted by Crippen LogP contribution is -2.20. The van der Waals surface area contributed by atoms with E-state index < -0.39 is 6.61 Å². The predicted molar refractivity (Wildman–Crippen MR) is 108 cm³/mol. The highest BCUT2D eigenvalue weighted by Crippen LogP contribution is 2.37. The van der Waals surface area contributed by atoms with Crippen molar-refractivity contribution in [3.8, 4) is 11.5 Å². The molecule has 1 atom stereocenters. The zero-order valence-electron chi connectivity index (χ0n) is 15.3. The van der Waals surface area contributed by atoms with Gasteiger partial charge in [0.15, 0.2) is 11.5 Å². The van der Waals surface area contributed by atoms with Crippen molar-refractivity contribution in [1.82, 2.24) is 14.8 Å². The summed E-state index contributed by atoms with van der Waals surface area (Å²) in [5, 5.41) is 7.58. The number of hydrogen-bond donors (Lipinski definition) is 1. The van der Waals surface area contributed by atoms with Crippen LogP contribution in [-0.2, 0) is 0 Å². The smallest absolute Gasteiger partial charge is 0.387 e. The van der Waals surface area contributed by atoms with Gasteiger partial charge in [0, 0.05) is 10.2 Å². The third kappa shape index (κ3) is 4.09. The van der Waals surface area contributed by atoms with Crippen molar-refractivity contribution in [3.63, 3.8) is 0 Å². The fourth-order valence-corrected chi connectivity index (χ4v) is 3.57. The molecule has 1 aromatic heterocycles. The van der Waals surface area contributed by atoms with Gasteiger partial charge in [-0.2, -0.15) is 18.9 Å². The van der Waals surface area contributed by atoms with Crippen LogP contribution in [0.3, 0.4) is 0 Å². The van der Waals surface area contributed by atoms with Gasteiger partial charge in [0.2, 0.25) is 5.95 Å². The van der Waals surface area contributed by atoms with Gasteiger partial charge in [-0.3, -0.25) is 0 Å². The molecule has 0 amide bonds. The first-order valence-electron chi connectivity index (χ1n) is 8.91.